The molecule has 0 aliphatic heterocycles. The van der Waals surface area contributed by atoms with Crippen LogP contribution < -0.4 is 16.8 Å². The van der Waals surface area contributed by atoms with E-state index in [-0.39, 0.29) is 17.1 Å². The number of nitrogens with one attached hydrogen (secondary N) is 2. The van der Waals surface area contributed by atoms with Crippen LogP contribution in [0.4, 0.5) is 25.1 Å². The fraction of sp³-hybridized carbons (Fsp3) is 0.222. The number of aromatic nitrogens is 1. The molecular formula is C9H11F2N5O2. The van der Waals surface area contributed by atoms with E-state index in [0.717, 1.165) is 6.20 Å². The number of nitrogen functional groups attached to an aromatic ring is 1. The van der Waals surface area contributed by atoms with Crippen LogP contribution in [-0.2, 0) is 4.74 Å². The lowest BCUT2D eigenvalue weighted by molar-refractivity contribution is 0.0761. The van der Waals surface area contributed by atoms with Gasteiger partial charge in [0.15, 0.2) is 6.61 Å². The summed E-state index contributed by atoms with van der Waals surface area (Å²) in [5, 5.41) is 9.57. The zero-order chi connectivity index (χ0) is 13.7. The Morgan fingerprint density at radius 3 is 2.78 bits per heavy atom. The van der Waals surface area contributed by atoms with E-state index in [1.54, 1.807) is 0 Å². The van der Waals surface area contributed by atoms with Crippen molar-refractivity contribution in [2.24, 2.45) is 5.73 Å². The topological polar surface area (TPSA) is 127 Å². The molecule has 1 aromatic rings. The van der Waals surface area contributed by atoms with Crippen molar-refractivity contribution < 1.29 is 18.3 Å². The SMILES string of the molecule is N=C(OCC(F)F)c1cnc(NC(N)=O)cc1N. The van der Waals surface area contributed by atoms with Gasteiger partial charge >= 0.3 is 6.03 Å². The number of nitrogens with two attached hydrogens (primary N) is 2. The number of primary amides is 1. The van der Waals surface area contributed by atoms with Crippen LogP contribution in [-0.4, -0.2) is 29.9 Å². The standard InChI is InChI=1S/C9H11F2N5O2/c10-6(11)3-18-8(13)4-2-15-7(1-5(4)12)16-9(14)17/h1-2,6,13H,3H2,(H5,12,14,15,16,17). The van der Waals surface area contributed by atoms with Crippen molar-refractivity contribution in [1.82, 2.24) is 4.98 Å². The van der Waals surface area contributed by atoms with E-state index >= 15 is 0 Å². The number of rotatable bonds is 4. The van der Waals surface area contributed by atoms with Crippen molar-refractivity contribution in [3.8, 4) is 0 Å². The van der Waals surface area contributed by atoms with E-state index in [4.69, 9.17) is 16.9 Å². The van der Waals surface area contributed by atoms with Crippen LogP contribution in [0.25, 0.3) is 0 Å². The Morgan fingerprint density at radius 2 is 2.28 bits per heavy atom. The molecule has 2 amide bonds. The zero-order valence-electron chi connectivity index (χ0n) is 9.11. The minimum Gasteiger partial charge on any atom is -0.471 e. The normalized spacial score (nSPS) is 10.2. The van der Waals surface area contributed by atoms with E-state index in [1.165, 1.54) is 6.07 Å². The second-order valence-electron chi connectivity index (χ2n) is 3.18. The molecule has 7 nitrogen and oxygen atoms in total. The van der Waals surface area contributed by atoms with E-state index in [9.17, 15) is 13.6 Å². The predicted octanol–water partition coefficient (Wildman–Crippen LogP) is 0.761. The number of anilines is 2. The minimum atomic E-state index is -2.68. The summed E-state index contributed by atoms with van der Waals surface area (Å²) < 4.78 is 28.3. The quantitative estimate of drug-likeness (QED) is 0.470. The van der Waals surface area contributed by atoms with Gasteiger partial charge in [0.05, 0.1) is 5.56 Å². The Bertz CT molecular complexity index is 466. The molecule has 0 radical (unpaired) electrons. The number of urea groups is 1. The molecule has 1 aromatic heterocycles. The Hall–Kier alpha value is -2.45. The summed E-state index contributed by atoms with van der Waals surface area (Å²) in [5.74, 6) is -0.434. The fourth-order valence-electron chi connectivity index (χ4n) is 1.08. The summed E-state index contributed by atoms with van der Waals surface area (Å²) in [6.45, 7) is -0.903. The molecule has 6 N–H and O–H groups in total. The van der Waals surface area contributed by atoms with Crippen molar-refractivity contribution in [3.63, 3.8) is 0 Å². The van der Waals surface area contributed by atoms with Crippen LogP contribution in [0.15, 0.2) is 12.3 Å². The molecule has 9 heteroatoms. The predicted molar refractivity (Wildman–Crippen MR) is 60.6 cm³/mol. The lowest BCUT2D eigenvalue weighted by atomic mass is 10.2. The molecular weight excluding hydrogens is 248 g/mol. The Labute approximate surface area is 101 Å². The fourth-order valence-corrected chi connectivity index (χ4v) is 1.08. The molecule has 0 aliphatic rings. The average molecular weight is 259 g/mol. The summed E-state index contributed by atoms with van der Waals surface area (Å²) in [6.07, 6.45) is -1.57. The maximum atomic E-state index is 11.9. The van der Waals surface area contributed by atoms with Crippen molar-refractivity contribution in [2.45, 2.75) is 6.43 Å². The highest BCUT2D eigenvalue weighted by molar-refractivity contribution is 5.97. The van der Waals surface area contributed by atoms with Crippen LogP contribution in [0.2, 0.25) is 0 Å². The Morgan fingerprint density at radius 1 is 1.61 bits per heavy atom. The number of alkyl halides is 2. The Balaban J connectivity index is 2.78. The number of carbonyl (C=O) groups is 1. The second kappa shape index (κ2) is 5.75. The first kappa shape index (κ1) is 13.6. The van der Waals surface area contributed by atoms with E-state index < -0.39 is 25.0 Å². The maximum absolute atomic E-state index is 11.9. The monoisotopic (exact) mass is 259 g/mol. The number of nitrogens with zero attached hydrogens (tertiary/aromatic N) is 1. The summed E-state index contributed by atoms with van der Waals surface area (Å²) in [4.78, 5) is 14.3. The first-order chi connectivity index (χ1) is 8.40. The highest BCUT2D eigenvalue weighted by Crippen LogP contribution is 2.16. The lowest BCUT2D eigenvalue weighted by Crippen LogP contribution is -2.20. The molecule has 1 rings (SSSR count). The molecule has 0 spiro atoms. The number of amides is 2. The largest absolute Gasteiger partial charge is 0.471 e. The molecule has 0 saturated carbocycles. The van der Waals surface area contributed by atoms with Gasteiger partial charge in [0.2, 0.25) is 5.90 Å². The van der Waals surface area contributed by atoms with Crippen molar-refractivity contribution in [1.29, 1.82) is 5.41 Å². The van der Waals surface area contributed by atoms with Gasteiger partial charge in [-0.15, -0.1) is 0 Å². The summed E-state index contributed by atoms with van der Waals surface area (Å²) in [5.41, 5.74) is 10.5. The van der Waals surface area contributed by atoms with Gasteiger partial charge in [-0.05, 0) is 0 Å². The third-order valence-corrected chi connectivity index (χ3v) is 1.79. The molecule has 0 fully saturated rings. The first-order valence-corrected chi connectivity index (χ1v) is 4.72. The summed E-state index contributed by atoms with van der Waals surface area (Å²) in [7, 11) is 0. The zero-order valence-corrected chi connectivity index (χ0v) is 9.11. The molecule has 0 aromatic carbocycles. The molecule has 0 bridgehead atoms. The summed E-state index contributed by atoms with van der Waals surface area (Å²) in [6, 6.07) is 0.416. The van der Waals surface area contributed by atoms with Crippen LogP contribution in [0.5, 0.6) is 0 Å². The number of ether oxygens (including phenoxy) is 1. The van der Waals surface area contributed by atoms with E-state index in [1.807, 2.05) is 0 Å². The van der Waals surface area contributed by atoms with Gasteiger partial charge in [-0.3, -0.25) is 10.7 Å². The van der Waals surface area contributed by atoms with Gasteiger partial charge in [-0.25, -0.2) is 18.6 Å². The van der Waals surface area contributed by atoms with Crippen molar-refractivity contribution >= 4 is 23.4 Å². The van der Waals surface area contributed by atoms with Gasteiger partial charge in [0.1, 0.15) is 5.82 Å². The van der Waals surface area contributed by atoms with Crippen LogP contribution in [0.3, 0.4) is 0 Å². The minimum absolute atomic E-state index is 0.0469. The second-order valence-corrected chi connectivity index (χ2v) is 3.18. The van der Waals surface area contributed by atoms with Gasteiger partial charge < -0.3 is 16.2 Å². The number of hydrogen-bond donors (Lipinski definition) is 4. The molecule has 0 unspecified atom stereocenters. The number of pyridine rings is 1. The number of hydrogen-bond acceptors (Lipinski definition) is 5. The molecule has 0 aliphatic carbocycles. The molecule has 98 valence electrons. The van der Waals surface area contributed by atoms with E-state index in [2.05, 4.69) is 15.0 Å². The van der Waals surface area contributed by atoms with Gasteiger partial charge in [0, 0.05) is 18.0 Å². The molecule has 0 saturated heterocycles. The average Bonchev–Trinajstić information content (AvgIpc) is 2.25. The number of carbonyl (C=O) groups excluding carboxylic acids is 1. The lowest BCUT2D eigenvalue weighted by Gasteiger charge is -2.10. The molecule has 1 heterocycles. The van der Waals surface area contributed by atoms with Crippen LogP contribution in [0, 0.1) is 5.41 Å². The van der Waals surface area contributed by atoms with Crippen molar-refractivity contribution in [3.05, 3.63) is 17.8 Å². The van der Waals surface area contributed by atoms with Crippen LogP contribution in [0.1, 0.15) is 5.56 Å². The summed E-state index contributed by atoms with van der Waals surface area (Å²) >= 11 is 0. The maximum Gasteiger partial charge on any atom is 0.317 e. The number of halogens is 2. The van der Waals surface area contributed by atoms with Gasteiger partial charge in [-0.2, -0.15) is 0 Å². The van der Waals surface area contributed by atoms with E-state index in [0.29, 0.717) is 0 Å². The van der Waals surface area contributed by atoms with Gasteiger partial charge in [-0.1, -0.05) is 0 Å². The molecule has 18 heavy (non-hydrogen) atoms. The highest BCUT2D eigenvalue weighted by Gasteiger charge is 2.12. The first-order valence-electron chi connectivity index (χ1n) is 4.72. The smallest absolute Gasteiger partial charge is 0.317 e. The third kappa shape index (κ3) is 3.85. The molecule has 0 atom stereocenters. The highest BCUT2D eigenvalue weighted by atomic mass is 19.3. The van der Waals surface area contributed by atoms with Gasteiger partial charge in [0.25, 0.3) is 6.43 Å². The van der Waals surface area contributed by atoms with Crippen molar-refractivity contribution in [2.75, 3.05) is 17.7 Å². The van der Waals surface area contributed by atoms with Crippen LogP contribution >= 0.6 is 0 Å². The third-order valence-electron chi connectivity index (χ3n) is 1.79. The Kier molecular flexibility index (Phi) is 4.35.